The first kappa shape index (κ1) is 21.8. The number of fused-ring (bicyclic) bond motifs is 1. The maximum atomic E-state index is 11.6. The van der Waals surface area contributed by atoms with E-state index < -0.39 is 5.60 Å². The summed E-state index contributed by atoms with van der Waals surface area (Å²) in [5.74, 6) is 1.02. The highest BCUT2D eigenvalue weighted by Gasteiger charge is 2.39. The Hall–Kier alpha value is -3.01. The number of amides is 1. The normalized spacial score (nSPS) is 22.7. The van der Waals surface area contributed by atoms with Crippen molar-refractivity contribution in [3.8, 4) is 17.0 Å². The van der Waals surface area contributed by atoms with Gasteiger partial charge in [-0.15, -0.1) is 0 Å². The molecule has 2 atom stereocenters. The first-order valence-electron chi connectivity index (χ1n) is 11.1. The fraction of sp³-hybridized carbons (Fsp3) is 0.458. The van der Waals surface area contributed by atoms with Crippen molar-refractivity contribution in [2.75, 3.05) is 46.0 Å². The van der Waals surface area contributed by atoms with Gasteiger partial charge in [0.05, 0.1) is 49.5 Å². The molecule has 3 aromatic rings. The van der Waals surface area contributed by atoms with Crippen molar-refractivity contribution in [2.24, 2.45) is 0 Å². The highest BCUT2D eigenvalue weighted by atomic mass is 16.5. The standard InChI is InChI=1S/C24H28N4O5/c1-15(29)26-23-10-18-19(12-28(21(18)11-25-23)16-4-6-32-13-16)20-8-17(30-2)9-22(27-20)24(31-3)5-7-33-14-24/h8-12,16H,4-7,13-14H2,1-3H3,(H,25,26,29)/t16-,24-/m1/s1. The number of carbonyl (C=O) groups is 1. The molecule has 1 amide bonds. The number of nitrogens with zero attached hydrogens (tertiary/aromatic N) is 3. The Morgan fingerprint density at radius 3 is 2.79 bits per heavy atom. The molecule has 1 N–H and O–H groups in total. The van der Waals surface area contributed by atoms with Crippen molar-refractivity contribution in [3.63, 3.8) is 0 Å². The molecule has 5 rings (SSSR count). The number of pyridine rings is 2. The smallest absolute Gasteiger partial charge is 0.222 e. The van der Waals surface area contributed by atoms with Crippen LogP contribution in [-0.4, -0.2) is 61.1 Å². The van der Waals surface area contributed by atoms with Gasteiger partial charge in [-0.1, -0.05) is 0 Å². The van der Waals surface area contributed by atoms with Gasteiger partial charge in [-0.25, -0.2) is 9.97 Å². The summed E-state index contributed by atoms with van der Waals surface area (Å²) in [5.41, 5.74) is 2.82. The van der Waals surface area contributed by atoms with Gasteiger partial charge in [-0.3, -0.25) is 4.79 Å². The van der Waals surface area contributed by atoms with Gasteiger partial charge in [-0.05, 0) is 12.5 Å². The minimum absolute atomic E-state index is 0.169. The SMILES string of the molecule is COc1cc(-c2cn([C@@H]3CCOC3)c3cnc(NC(C)=O)cc23)nc([C@@]2(OC)CCOC2)c1. The number of methoxy groups -OCH3 is 2. The first-order valence-corrected chi connectivity index (χ1v) is 11.1. The maximum Gasteiger partial charge on any atom is 0.222 e. The van der Waals surface area contributed by atoms with Gasteiger partial charge in [0.15, 0.2) is 0 Å². The zero-order valence-electron chi connectivity index (χ0n) is 19.1. The molecule has 0 saturated carbocycles. The van der Waals surface area contributed by atoms with E-state index in [4.69, 9.17) is 23.9 Å². The van der Waals surface area contributed by atoms with Crippen molar-refractivity contribution in [3.05, 3.63) is 36.3 Å². The van der Waals surface area contributed by atoms with Gasteiger partial charge in [0.25, 0.3) is 0 Å². The molecule has 0 bridgehead atoms. The molecular weight excluding hydrogens is 424 g/mol. The van der Waals surface area contributed by atoms with Gasteiger partial charge < -0.3 is 28.8 Å². The zero-order chi connectivity index (χ0) is 23.0. The van der Waals surface area contributed by atoms with E-state index >= 15 is 0 Å². The van der Waals surface area contributed by atoms with E-state index in [0.717, 1.165) is 47.3 Å². The van der Waals surface area contributed by atoms with E-state index in [1.807, 2.05) is 18.2 Å². The second-order valence-corrected chi connectivity index (χ2v) is 8.51. The predicted octanol–water partition coefficient (Wildman–Crippen LogP) is 3.29. The Labute approximate surface area is 192 Å². The zero-order valence-corrected chi connectivity index (χ0v) is 19.1. The number of ether oxygens (including phenoxy) is 4. The van der Waals surface area contributed by atoms with Crippen LogP contribution in [0.2, 0.25) is 0 Å². The Kier molecular flexibility index (Phi) is 5.77. The van der Waals surface area contributed by atoms with E-state index in [2.05, 4.69) is 21.1 Å². The van der Waals surface area contributed by atoms with Gasteiger partial charge in [0, 0.05) is 62.9 Å². The van der Waals surface area contributed by atoms with Crippen molar-refractivity contribution >= 4 is 22.6 Å². The number of hydrogen-bond donors (Lipinski definition) is 1. The van der Waals surface area contributed by atoms with Crippen molar-refractivity contribution in [2.45, 2.75) is 31.4 Å². The van der Waals surface area contributed by atoms with Crippen LogP contribution in [0.3, 0.4) is 0 Å². The van der Waals surface area contributed by atoms with Gasteiger partial charge >= 0.3 is 0 Å². The minimum Gasteiger partial charge on any atom is -0.497 e. The summed E-state index contributed by atoms with van der Waals surface area (Å²) in [7, 11) is 3.33. The fourth-order valence-electron chi connectivity index (χ4n) is 4.65. The molecule has 33 heavy (non-hydrogen) atoms. The van der Waals surface area contributed by atoms with Crippen LogP contribution in [-0.2, 0) is 24.6 Å². The summed E-state index contributed by atoms with van der Waals surface area (Å²) in [6.45, 7) is 3.92. The Bertz CT molecular complexity index is 1180. The number of rotatable bonds is 6. The van der Waals surface area contributed by atoms with Gasteiger partial charge in [0.1, 0.15) is 17.2 Å². The van der Waals surface area contributed by atoms with Crippen molar-refractivity contribution in [1.29, 1.82) is 0 Å². The molecule has 2 aliphatic heterocycles. The second-order valence-electron chi connectivity index (χ2n) is 8.51. The Morgan fingerprint density at radius 2 is 2.12 bits per heavy atom. The molecule has 0 aliphatic carbocycles. The molecule has 0 aromatic carbocycles. The van der Waals surface area contributed by atoms with Gasteiger partial charge in [0.2, 0.25) is 5.91 Å². The molecule has 0 spiro atoms. The lowest BCUT2D eigenvalue weighted by Crippen LogP contribution is -2.30. The quantitative estimate of drug-likeness (QED) is 0.613. The van der Waals surface area contributed by atoms with Crippen LogP contribution in [0.5, 0.6) is 5.75 Å². The summed E-state index contributed by atoms with van der Waals surface area (Å²) in [6.07, 6.45) is 5.54. The second kappa shape index (κ2) is 8.74. The van der Waals surface area contributed by atoms with E-state index in [-0.39, 0.29) is 11.9 Å². The summed E-state index contributed by atoms with van der Waals surface area (Å²) in [4.78, 5) is 21.1. The number of aromatic nitrogens is 3. The molecule has 2 aliphatic rings. The summed E-state index contributed by atoms with van der Waals surface area (Å²) < 4.78 is 25.0. The number of hydrogen-bond acceptors (Lipinski definition) is 7. The number of carbonyl (C=O) groups excluding carboxylic acids is 1. The third-order valence-corrected chi connectivity index (χ3v) is 6.48. The van der Waals surface area contributed by atoms with E-state index in [9.17, 15) is 4.79 Å². The lowest BCUT2D eigenvalue weighted by atomic mass is 9.96. The molecule has 0 radical (unpaired) electrons. The van der Waals surface area contributed by atoms with Gasteiger partial charge in [-0.2, -0.15) is 0 Å². The minimum atomic E-state index is -0.607. The van der Waals surface area contributed by atoms with Crippen molar-refractivity contribution in [1.82, 2.24) is 14.5 Å². The number of anilines is 1. The van der Waals surface area contributed by atoms with Crippen LogP contribution < -0.4 is 10.1 Å². The lowest BCUT2D eigenvalue weighted by Gasteiger charge is -2.26. The van der Waals surface area contributed by atoms with Crippen LogP contribution in [0, 0.1) is 0 Å². The Morgan fingerprint density at radius 1 is 1.24 bits per heavy atom. The average molecular weight is 453 g/mol. The van der Waals surface area contributed by atoms with E-state index in [1.165, 1.54) is 6.92 Å². The summed E-state index contributed by atoms with van der Waals surface area (Å²) in [5, 5.41) is 3.73. The molecule has 174 valence electrons. The van der Waals surface area contributed by atoms with Crippen LogP contribution in [0.25, 0.3) is 22.2 Å². The van der Waals surface area contributed by atoms with Crippen molar-refractivity contribution < 1.29 is 23.7 Å². The third-order valence-electron chi connectivity index (χ3n) is 6.48. The highest BCUT2D eigenvalue weighted by Crippen LogP contribution is 2.39. The summed E-state index contributed by atoms with van der Waals surface area (Å²) >= 11 is 0. The van der Waals surface area contributed by atoms with E-state index in [0.29, 0.717) is 31.4 Å². The summed E-state index contributed by atoms with van der Waals surface area (Å²) in [6, 6.07) is 5.94. The third kappa shape index (κ3) is 3.96. The predicted molar refractivity (Wildman–Crippen MR) is 122 cm³/mol. The van der Waals surface area contributed by atoms with Crippen LogP contribution in [0.1, 0.15) is 31.5 Å². The van der Waals surface area contributed by atoms with E-state index in [1.54, 1.807) is 20.4 Å². The molecule has 9 nitrogen and oxygen atoms in total. The fourth-order valence-corrected chi connectivity index (χ4v) is 4.65. The largest absolute Gasteiger partial charge is 0.497 e. The first-order chi connectivity index (χ1) is 16.0. The molecule has 9 heteroatoms. The highest BCUT2D eigenvalue weighted by molar-refractivity contribution is 5.98. The molecule has 0 unspecified atom stereocenters. The maximum absolute atomic E-state index is 11.6. The monoisotopic (exact) mass is 452 g/mol. The molecule has 5 heterocycles. The number of nitrogens with one attached hydrogen (secondary N) is 1. The Balaban J connectivity index is 1.69. The van der Waals surface area contributed by atoms with Crippen LogP contribution in [0.15, 0.2) is 30.6 Å². The molecule has 2 saturated heterocycles. The lowest BCUT2D eigenvalue weighted by molar-refractivity contribution is -0.114. The molecule has 3 aromatic heterocycles. The average Bonchev–Trinajstić information content (AvgIpc) is 3.58. The van der Waals surface area contributed by atoms with Crippen LogP contribution in [0.4, 0.5) is 5.82 Å². The van der Waals surface area contributed by atoms with Crippen LogP contribution >= 0.6 is 0 Å². The molecule has 2 fully saturated rings. The molecular formula is C24H28N4O5. The topological polar surface area (TPSA) is 96.7 Å².